The van der Waals surface area contributed by atoms with Gasteiger partial charge in [-0.25, -0.2) is 10.4 Å². The van der Waals surface area contributed by atoms with Crippen LogP contribution in [0.5, 0.6) is 5.75 Å². The lowest BCUT2D eigenvalue weighted by Crippen LogP contribution is -2.10. The van der Waals surface area contributed by atoms with E-state index in [2.05, 4.69) is 25.7 Å². The number of rotatable bonds is 6. The zero-order valence-corrected chi connectivity index (χ0v) is 15.0. The Morgan fingerprint density at radius 3 is 2.56 bits per heavy atom. The van der Waals surface area contributed by atoms with E-state index in [0.29, 0.717) is 12.1 Å². The molecule has 1 heterocycles. The van der Waals surface area contributed by atoms with Crippen LogP contribution in [-0.2, 0) is 0 Å². The van der Waals surface area contributed by atoms with Crippen LogP contribution in [0.25, 0.3) is 11.3 Å². The predicted molar refractivity (Wildman–Crippen MR) is 106 cm³/mol. The molecule has 4 rings (SSSR count). The summed E-state index contributed by atoms with van der Waals surface area (Å²) in [5.41, 5.74) is 5.53. The maximum absolute atomic E-state index is 5.97. The molecule has 1 aliphatic rings. The first-order valence-corrected chi connectivity index (χ1v) is 9.18. The molecule has 1 aromatic heterocycles. The first-order chi connectivity index (χ1) is 13.4. The number of hydrogen-bond donors (Lipinski definition) is 1. The first kappa shape index (κ1) is 17.1. The van der Waals surface area contributed by atoms with E-state index in [1.165, 1.54) is 12.8 Å². The van der Waals surface area contributed by atoms with E-state index in [-0.39, 0.29) is 0 Å². The van der Waals surface area contributed by atoms with Crippen LogP contribution < -0.4 is 10.2 Å². The molecular weight excluding hydrogens is 338 g/mol. The molecule has 0 atom stereocenters. The van der Waals surface area contributed by atoms with Crippen molar-refractivity contribution in [3.8, 4) is 17.0 Å². The van der Waals surface area contributed by atoms with Crippen LogP contribution in [-0.4, -0.2) is 27.5 Å². The quantitative estimate of drug-likeness (QED) is 0.524. The molecule has 27 heavy (non-hydrogen) atoms. The highest BCUT2D eigenvalue weighted by atomic mass is 16.5. The number of hydrazone groups is 1. The minimum absolute atomic E-state index is 0.355. The number of nitrogens with one attached hydrogen (secondary N) is 1. The van der Waals surface area contributed by atoms with Crippen molar-refractivity contribution in [2.24, 2.45) is 5.10 Å². The van der Waals surface area contributed by atoms with Gasteiger partial charge in [0.2, 0.25) is 0 Å². The normalized spacial score (nSPS) is 14.5. The second kappa shape index (κ2) is 8.40. The van der Waals surface area contributed by atoms with Crippen molar-refractivity contribution in [1.29, 1.82) is 0 Å². The summed E-state index contributed by atoms with van der Waals surface area (Å²) in [6.45, 7) is 0. The Morgan fingerprint density at radius 1 is 1.00 bits per heavy atom. The second-order valence-corrected chi connectivity index (χ2v) is 6.49. The first-order valence-electron chi connectivity index (χ1n) is 9.18. The molecule has 0 aliphatic heterocycles. The summed E-state index contributed by atoms with van der Waals surface area (Å²) in [7, 11) is 0. The number of anilines is 1. The van der Waals surface area contributed by atoms with Crippen LogP contribution in [0.3, 0.4) is 0 Å². The summed E-state index contributed by atoms with van der Waals surface area (Å²) >= 11 is 0. The van der Waals surface area contributed by atoms with Crippen LogP contribution in [0, 0.1) is 0 Å². The van der Waals surface area contributed by atoms with Gasteiger partial charge in [-0.3, -0.25) is 0 Å². The number of benzene rings is 2. The van der Waals surface area contributed by atoms with E-state index in [1.54, 1.807) is 12.4 Å². The molecular formula is C21H21N5O. The largest absolute Gasteiger partial charge is 0.490 e. The number of aromatic nitrogens is 3. The van der Waals surface area contributed by atoms with E-state index >= 15 is 0 Å². The summed E-state index contributed by atoms with van der Waals surface area (Å²) in [6, 6.07) is 17.8. The Bertz CT molecular complexity index is 890. The standard InChI is InChI=1S/C21H21N5O/c1-2-6-17(7-3-1)20-15-23-26-21(24-20)25-22-14-16-10-12-19(13-11-16)27-18-8-4-5-9-18/h1-3,6-7,10-15,18H,4-5,8-9H2,(H,24,25,26)/b22-14-. The lowest BCUT2D eigenvalue weighted by atomic mass is 10.2. The van der Waals surface area contributed by atoms with Crippen LogP contribution in [0.1, 0.15) is 31.2 Å². The van der Waals surface area contributed by atoms with Gasteiger partial charge in [0.15, 0.2) is 0 Å². The van der Waals surface area contributed by atoms with Gasteiger partial charge >= 0.3 is 0 Å². The highest BCUT2D eigenvalue weighted by Crippen LogP contribution is 2.24. The summed E-state index contributed by atoms with van der Waals surface area (Å²) in [5, 5.41) is 12.1. The summed E-state index contributed by atoms with van der Waals surface area (Å²) < 4.78 is 5.97. The molecule has 136 valence electrons. The fourth-order valence-corrected chi connectivity index (χ4v) is 3.09. The van der Waals surface area contributed by atoms with Gasteiger partial charge in [0.25, 0.3) is 5.95 Å². The zero-order valence-electron chi connectivity index (χ0n) is 15.0. The molecule has 1 N–H and O–H groups in total. The Kier molecular flexibility index (Phi) is 5.34. The highest BCUT2D eigenvalue weighted by molar-refractivity contribution is 5.80. The predicted octanol–water partition coefficient (Wildman–Crippen LogP) is 4.31. The van der Waals surface area contributed by atoms with Crippen molar-refractivity contribution < 1.29 is 4.74 Å². The van der Waals surface area contributed by atoms with E-state index in [4.69, 9.17) is 4.74 Å². The third-order valence-corrected chi connectivity index (χ3v) is 4.49. The maximum Gasteiger partial charge on any atom is 0.263 e. The number of ether oxygens (including phenoxy) is 1. The van der Waals surface area contributed by atoms with Crippen LogP contribution in [0.4, 0.5) is 5.95 Å². The van der Waals surface area contributed by atoms with E-state index < -0.39 is 0 Å². The van der Waals surface area contributed by atoms with Crippen molar-refractivity contribution in [2.75, 3.05) is 5.43 Å². The summed E-state index contributed by atoms with van der Waals surface area (Å²) in [5.74, 6) is 1.27. The van der Waals surface area contributed by atoms with E-state index in [1.807, 2.05) is 54.6 Å². The van der Waals surface area contributed by atoms with Crippen molar-refractivity contribution in [3.63, 3.8) is 0 Å². The van der Waals surface area contributed by atoms with Crippen LogP contribution >= 0.6 is 0 Å². The smallest absolute Gasteiger partial charge is 0.263 e. The van der Waals surface area contributed by atoms with E-state index in [9.17, 15) is 0 Å². The summed E-state index contributed by atoms with van der Waals surface area (Å²) in [4.78, 5) is 4.43. The minimum atomic E-state index is 0.355. The van der Waals surface area contributed by atoms with Gasteiger partial charge < -0.3 is 4.74 Å². The second-order valence-electron chi connectivity index (χ2n) is 6.49. The van der Waals surface area contributed by atoms with Gasteiger partial charge in [0.05, 0.1) is 24.2 Å². The van der Waals surface area contributed by atoms with Crippen molar-refractivity contribution >= 4 is 12.2 Å². The monoisotopic (exact) mass is 359 g/mol. The maximum atomic E-state index is 5.97. The van der Waals surface area contributed by atoms with Crippen LogP contribution in [0.15, 0.2) is 65.9 Å². The molecule has 1 fully saturated rings. The van der Waals surface area contributed by atoms with E-state index in [0.717, 1.165) is 35.4 Å². The van der Waals surface area contributed by atoms with Gasteiger partial charge in [0.1, 0.15) is 5.75 Å². The van der Waals surface area contributed by atoms with Crippen molar-refractivity contribution in [3.05, 3.63) is 66.4 Å². The molecule has 3 aromatic rings. The fraction of sp³-hybridized carbons (Fsp3) is 0.238. The van der Waals surface area contributed by atoms with Gasteiger partial charge in [-0.15, -0.1) is 5.10 Å². The molecule has 0 unspecified atom stereocenters. The Morgan fingerprint density at radius 2 is 1.78 bits per heavy atom. The number of hydrogen-bond acceptors (Lipinski definition) is 6. The molecule has 0 bridgehead atoms. The molecule has 0 radical (unpaired) electrons. The van der Waals surface area contributed by atoms with Gasteiger partial charge in [-0.05, 0) is 55.5 Å². The molecule has 1 saturated carbocycles. The minimum Gasteiger partial charge on any atom is -0.490 e. The lowest BCUT2D eigenvalue weighted by Gasteiger charge is -2.12. The Balaban J connectivity index is 1.36. The highest BCUT2D eigenvalue weighted by Gasteiger charge is 2.16. The Hall–Kier alpha value is -3.28. The van der Waals surface area contributed by atoms with Crippen LogP contribution in [0.2, 0.25) is 0 Å². The average Bonchev–Trinajstić information content (AvgIpc) is 3.23. The molecule has 0 amide bonds. The van der Waals surface area contributed by atoms with Crippen molar-refractivity contribution in [2.45, 2.75) is 31.8 Å². The molecule has 0 spiro atoms. The Labute approximate surface area is 158 Å². The zero-order chi connectivity index (χ0) is 18.3. The number of nitrogens with zero attached hydrogens (tertiary/aromatic N) is 4. The SMILES string of the molecule is C(=N/Nc1nncc(-c2ccccc2)n1)/c1ccc(OC2CCCC2)cc1. The summed E-state index contributed by atoms with van der Waals surface area (Å²) in [6.07, 6.45) is 8.57. The van der Waals surface area contributed by atoms with Crippen molar-refractivity contribution in [1.82, 2.24) is 15.2 Å². The van der Waals surface area contributed by atoms with Gasteiger partial charge in [-0.1, -0.05) is 30.3 Å². The lowest BCUT2D eigenvalue weighted by molar-refractivity contribution is 0.210. The average molecular weight is 359 g/mol. The molecule has 0 saturated heterocycles. The fourth-order valence-electron chi connectivity index (χ4n) is 3.09. The van der Waals surface area contributed by atoms with Gasteiger partial charge in [-0.2, -0.15) is 10.2 Å². The molecule has 1 aliphatic carbocycles. The topological polar surface area (TPSA) is 72.3 Å². The molecule has 2 aromatic carbocycles. The molecule has 6 nitrogen and oxygen atoms in total. The third-order valence-electron chi connectivity index (χ3n) is 4.49. The van der Waals surface area contributed by atoms with Gasteiger partial charge in [0, 0.05) is 5.56 Å². The molecule has 6 heteroatoms. The third kappa shape index (κ3) is 4.67.